The minimum atomic E-state index is -0.0383. The number of nitrogens with zero attached hydrogens (tertiary/aromatic N) is 1. The molecule has 1 spiro atoms. The molecule has 3 rings (SSSR count). The summed E-state index contributed by atoms with van der Waals surface area (Å²) in [5.74, 6) is 0.513. The van der Waals surface area contributed by atoms with Gasteiger partial charge in [0.25, 0.3) is 0 Å². The molecule has 1 heterocycles. The summed E-state index contributed by atoms with van der Waals surface area (Å²) >= 11 is 0. The van der Waals surface area contributed by atoms with Crippen molar-refractivity contribution < 1.29 is 9.53 Å². The summed E-state index contributed by atoms with van der Waals surface area (Å²) in [7, 11) is 1.50. The lowest BCUT2D eigenvalue weighted by atomic mass is 9.65. The van der Waals surface area contributed by atoms with Gasteiger partial charge in [0.1, 0.15) is 0 Å². The molecule has 1 saturated heterocycles. The molecule has 23 heavy (non-hydrogen) atoms. The minimum Gasteiger partial charge on any atom is -0.469 e. The van der Waals surface area contributed by atoms with Crippen LogP contribution in [0.4, 0.5) is 0 Å². The third-order valence-electron chi connectivity index (χ3n) is 6.01. The van der Waals surface area contributed by atoms with Crippen LogP contribution in [-0.4, -0.2) is 31.1 Å². The van der Waals surface area contributed by atoms with Crippen LogP contribution in [0.1, 0.15) is 50.5 Å². The molecular weight excluding hydrogens is 286 g/mol. The molecule has 2 fully saturated rings. The SMILES string of the molecule is COC(=O)CC1CCC2(CC1)CCN(Cc1ccccc1)CC2. The Balaban J connectivity index is 1.45. The summed E-state index contributed by atoms with van der Waals surface area (Å²) in [5, 5.41) is 0. The van der Waals surface area contributed by atoms with Gasteiger partial charge in [-0.3, -0.25) is 9.69 Å². The first kappa shape index (κ1) is 16.5. The molecular formula is C20H29NO2. The highest BCUT2D eigenvalue weighted by molar-refractivity contribution is 5.69. The van der Waals surface area contributed by atoms with E-state index in [4.69, 9.17) is 4.74 Å². The standard InChI is InChI=1S/C20H29NO2/c1-23-19(22)15-17-7-9-20(10-8-17)11-13-21(14-12-20)16-18-5-3-2-4-6-18/h2-6,17H,7-16H2,1H3. The molecule has 1 aliphatic carbocycles. The number of ether oxygens (including phenoxy) is 1. The van der Waals surface area contributed by atoms with Crippen molar-refractivity contribution in [3.05, 3.63) is 35.9 Å². The van der Waals surface area contributed by atoms with E-state index in [9.17, 15) is 4.79 Å². The van der Waals surface area contributed by atoms with Gasteiger partial charge in [-0.05, 0) is 68.5 Å². The molecule has 0 N–H and O–H groups in total. The van der Waals surface area contributed by atoms with Crippen LogP contribution in [0.3, 0.4) is 0 Å². The Morgan fingerprint density at radius 1 is 1.13 bits per heavy atom. The lowest BCUT2D eigenvalue weighted by Crippen LogP contribution is -2.41. The van der Waals surface area contributed by atoms with Gasteiger partial charge in [0, 0.05) is 13.0 Å². The fourth-order valence-corrected chi connectivity index (χ4v) is 4.34. The smallest absolute Gasteiger partial charge is 0.305 e. The first-order chi connectivity index (χ1) is 11.2. The molecule has 1 aromatic carbocycles. The quantitative estimate of drug-likeness (QED) is 0.786. The van der Waals surface area contributed by atoms with E-state index in [1.165, 1.54) is 64.3 Å². The Bertz CT molecular complexity index is 496. The van der Waals surface area contributed by atoms with Crippen LogP contribution in [-0.2, 0) is 16.1 Å². The maximum atomic E-state index is 11.4. The Hall–Kier alpha value is -1.35. The van der Waals surface area contributed by atoms with Crippen LogP contribution in [0.25, 0.3) is 0 Å². The normalized spacial score (nSPS) is 22.1. The van der Waals surface area contributed by atoms with Crippen molar-refractivity contribution in [3.8, 4) is 0 Å². The number of benzene rings is 1. The first-order valence-corrected chi connectivity index (χ1v) is 9.02. The van der Waals surface area contributed by atoms with Crippen LogP contribution in [0.15, 0.2) is 30.3 Å². The summed E-state index contributed by atoms with van der Waals surface area (Å²) < 4.78 is 4.81. The van der Waals surface area contributed by atoms with Crippen molar-refractivity contribution in [1.29, 1.82) is 0 Å². The number of methoxy groups -OCH3 is 1. The number of rotatable bonds is 4. The lowest BCUT2D eigenvalue weighted by molar-refractivity contribution is -0.142. The van der Waals surface area contributed by atoms with Crippen LogP contribution in [0.2, 0.25) is 0 Å². The number of piperidine rings is 1. The van der Waals surface area contributed by atoms with Gasteiger partial charge in [0.05, 0.1) is 7.11 Å². The molecule has 126 valence electrons. The van der Waals surface area contributed by atoms with E-state index in [1.54, 1.807) is 0 Å². The van der Waals surface area contributed by atoms with E-state index in [1.807, 2.05) is 0 Å². The number of likely N-dealkylation sites (tertiary alicyclic amines) is 1. The van der Waals surface area contributed by atoms with E-state index >= 15 is 0 Å². The Morgan fingerprint density at radius 3 is 2.39 bits per heavy atom. The number of hydrogen-bond acceptors (Lipinski definition) is 3. The molecule has 3 heteroatoms. The first-order valence-electron chi connectivity index (χ1n) is 9.02. The molecule has 1 aliphatic heterocycles. The van der Waals surface area contributed by atoms with E-state index in [0.717, 1.165) is 6.54 Å². The molecule has 0 atom stereocenters. The summed E-state index contributed by atoms with van der Waals surface area (Å²) in [4.78, 5) is 14.0. The fraction of sp³-hybridized carbons (Fsp3) is 0.650. The van der Waals surface area contributed by atoms with Crippen LogP contribution in [0, 0.1) is 11.3 Å². The zero-order valence-corrected chi connectivity index (χ0v) is 14.3. The van der Waals surface area contributed by atoms with E-state index in [2.05, 4.69) is 35.2 Å². The van der Waals surface area contributed by atoms with Gasteiger partial charge >= 0.3 is 5.97 Å². The molecule has 0 aromatic heterocycles. The van der Waals surface area contributed by atoms with Crippen molar-refractivity contribution >= 4 is 5.97 Å². The second kappa shape index (κ2) is 7.48. The number of hydrogen-bond donors (Lipinski definition) is 0. The van der Waals surface area contributed by atoms with E-state index in [-0.39, 0.29) is 5.97 Å². The third kappa shape index (κ3) is 4.35. The predicted molar refractivity (Wildman–Crippen MR) is 92.0 cm³/mol. The molecule has 0 unspecified atom stereocenters. The Labute approximate surface area is 140 Å². The van der Waals surface area contributed by atoms with Gasteiger partial charge in [-0.2, -0.15) is 0 Å². The van der Waals surface area contributed by atoms with E-state index < -0.39 is 0 Å². The Morgan fingerprint density at radius 2 is 1.78 bits per heavy atom. The molecule has 1 aromatic rings. The van der Waals surface area contributed by atoms with Gasteiger partial charge in [-0.15, -0.1) is 0 Å². The zero-order chi connectivity index (χ0) is 16.1. The maximum absolute atomic E-state index is 11.4. The average Bonchev–Trinajstić information content (AvgIpc) is 2.60. The van der Waals surface area contributed by atoms with Crippen molar-refractivity contribution in [2.45, 2.75) is 51.5 Å². The Kier molecular flexibility index (Phi) is 5.37. The van der Waals surface area contributed by atoms with Crippen molar-refractivity contribution in [2.24, 2.45) is 11.3 Å². The molecule has 0 amide bonds. The topological polar surface area (TPSA) is 29.5 Å². The maximum Gasteiger partial charge on any atom is 0.305 e. The van der Waals surface area contributed by atoms with E-state index in [0.29, 0.717) is 17.8 Å². The van der Waals surface area contributed by atoms with Gasteiger partial charge in [-0.1, -0.05) is 30.3 Å². The van der Waals surface area contributed by atoms with Crippen molar-refractivity contribution in [1.82, 2.24) is 4.90 Å². The highest BCUT2D eigenvalue weighted by atomic mass is 16.5. The second-order valence-corrected chi connectivity index (χ2v) is 7.49. The number of carbonyl (C=O) groups excluding carboxylic acids is 1. The average molecular weight is 315 g/mol. The fourth-order valence-electron chi connectivity index (χ4n) is 4.34. The van der Waals surface area contributed by atoms with Crippen molar-refractivity contribution in [2.75, 3.05) is 20.2 Å². The van der Waals surface area contributed by atoms with Crippen molar-refractivity contribution in [3.63, 3.8) is 0 Å². The van der Waals surface area contributed by atoms with Gasteiger partial charge < -0.3 is 4.74 Å². The predicted octanol–water partition coefficient (Wildman–Crippen LogP) is 4.02. The largest absolute Gasteiger partial charge is 0.469 e. The summed E-state index contributed by atoms with van der Waals surface area (Å²) in [5.41, 5.74) is 1.98. The number of carbonyl (C=O) groups is 1. The van der Waals surface area contributed by atoms with Gasteiger partial charge in [-0.25, -0.2) is 0 Å². The minimum absolute atomic E-state index is 0.0383. The zero-order valence-electron chi connectivity index (χ0n) is 14.3. The lowest BCUT2D eigenvalue weighted by Gasteiger charge is -2.46. The highest BCUT2D eigenvalue weighted by Gasteiger charge is 2.38. The summed E-state index contributed by atoms with van der Waals surface area (Å²) in [6.07, 6.45) is 8.27. The molecule has 1 saturated carbocycles. The van der Waals surface area contributed by atoms with Crippen LogP contribution < -0.4 is 0 Å². The van der Waals surface area contributed by atoms with Crippen LogP contribution in [0.5, 0.6) is 0 Å². The number of esters is 1. The summed E-state index contributed by atoms with van der Waals surface area (Å²) in [6.45, 7) is 3.52. The molecule has 3 nitrogen and oxygen atoms in total. The van der Waals surface area contributed by atoms with Gasteiger partial charge in [0.15, 0.2) is 0 Å². The molecule has 2 aliphatic rings. The van der Waals surface area contributed by atoms with Gasteiger partial charge in [0.2, 0.25) is 0 Å². The second-order valence-electron chi connectivity index (χ2n) is 7.49. The highest BCUT2D eigenvalue weighted by Crippen LogP contribution is 2.47. The van der Waals surface area contributed by atoms with Crippen LogP contribution >= 0.6 is 0 Å². The summed E-state index contributed by atoms with van der Waals surface area (Å²) in [6, 6.07) is 10.8. The molecule has 0 bridgehead atoms. The third-order valence-corrected chi connectivity index (χ3v) is 6.01. The monoisotopic (exact) mass is 315 g/mol. The molecule has 0 radical (unpaired) electrons.